The number of morpholine rings is 1. The van der Waals surface area contributed by atoms with Gasteiger partial charge in [0, 0.05) is 44.4 Å². The van der Waals surface area contributed by atoms with Gasteiger partial charge in [0.05, 0.1) is 18.9 Å². The zero-order chi connectivity index (χ0) is 20.4. The van der Waals surface area contributed by atoms with E-state index in [0.29, 0.717) is 38.3 Å². The lowest BCUT2D eigenvalue weighted by Crippen LogP contribution is -2.52. The Morgan fingerprint density at radius 3 is 2.86 bits per heavy atom. The van der Waals surface area contributed by atoms with E-state index in [-0.39, 0.29) is 12.5 Å². The fraction of sp³-hybridized carbons (Fsp3) is 0.500. The predicted molar refractivity (Wildman–Crippen MR) is 99.8 cm³/mol. The minimum absolute atomic E-state index is 0.0336. The number of aromatic amines is 1. The van der Waals surface area contributed by atoms with E-state index in [2.05, 4.69) is 20.4 Å². The summed E-state index contributed by atoms with van der Waals surface area (Å²) in [6.45, 7) is 5.03. The van der Waals surface area contributed by atoms with E-state index >= 15 is 0 Å². The van der Waals surface area contributed by atoms with Crippen LogP contribution in [-0.4, -0.2) is 59.0 Å². The molecule has 0 saturated carbocycles. The molecule has 2 aliphatic heterocycles. The predicted octanol–water partition coefficient (Wildman–Crippen LogP) is 1.67. The molecule has 29 heavy (non-hydrogen) atoms. The molecule has 1 spiro atoms. The maximum Gasteiger partial charge on any atom is 0.249 e. The van der Waals surface area contributed by atoms with Gasteiger partial charge < -0.3 is 14.8 Å². The van der Waals surface area contributed by atoms with Gasteiger partial charge in [-0.15, -0.1) is 0 Å². The maximum absolute atomic E-state index is 13.3. The molecule has 1 aromatic carbocycles. The molecule has 2 fully saturated rings. The van der Waals surface area contributed by atoms with Crippen molar-refractivity contribution in [2.75, 3.05) is 26.3 Å². The van der Waals surface area contributed by atoms with Crippen LogP contribution in [0.1, 0.15) is 23.4 Å². The van der Waals surface area contributed by atoms with Crippen LogP contribution in [0.4, 0.5) is 8.78 Å². The molecule has 2 aliphatic rings. The summed E-state index contributed by atoms with van der Waals surface area (Å²) in [7, 11) is 0. The van der Waals surface area contributed by atoms with Crippen LogP contribution < -0.4 is 5.32 Å². The number of aryl methyl sites for hydroxylation is 1. The van der Waals surface area contributed by atoms with Crippen LogP contribution in [0.2, 0.25) is 0 Å². The molecule has 2 aromatic rings. The topological polar surface area (TPSA) is 79.5 Å². The largest absolute Gasteiger partial charge is 0.370 e. The second-order valence-corrected chi connectivity index (χ2v) is 7.78. The fourth-order valence-electron chi connectivity index (χ4n) is 3.95. The van der Waals surface area contributed by atoms with Gasteiger partial charge in [0.1, 0.15) is 23.3 Å². The van der Waals surface area contributed by atoms with Crippen molar-refractivity contribution < 1.29 is 23.0 Å². The number of hydrogen-bond acceptors (Lipinski definition) is 5. The van der Waals surface area contributed by atoms with E-state index in [1.54, 1.807) is 0 Å². The van der Waals surface area contributed by atoms with E-state index in [1.807, 2.05) is 13.0 Å². The highest BCUT2D eigenvalue weighted by Crippen LogP contribution is 2.32. The van der Waals surface area contributed by atoms with Crippen LogP contribution in [0.3, 0.4) is 0 Å². The smallest absolute Gasteiger partial charge is 0.249 e. The molecule has 7 nitrogen and oxygen atoms in total. The summed E-state index contributed by atoms with van der Waals surface area (Å²) in [6, 6.07) is 5.20. The second kappa shape index (κ2) is 8.17. The standard InChI is InChI=1S/C20H24F2N4O3/c1-13-4-17(25-24-13)10-26-2-3-29-20(11-26)8-18(28-12-20)19(27)23-9-14-5-15(21)7-16(22)6-14/h4-7,18H,2-3,8-12H2,1H3,(H,23,27)(H,24,25)/t18-,20-/m1/s1. The number of H-pyrrole nitrogens is 1. The van der Waals surface area contributed by atoms with Gasteiger partial charge in [0.2, 0.25) is 5.91 Å². The lowest BCUT2D eigenvalue weighted by Gasteiger charge is -2.39. The average molecular weight is 406 g/mol. The molecule has 1 amide bonds. The number of aromatic nitrogens is 2. The zero-order valence-electron chi connectivity index (χ0n) is 16.2. The maximum atomic E-state index is 13.3. The number of benzene rings is 1. The Bertz CT molecular complexity index is 870. The number of halogens is 2. The van der Waals surface area contributed by atoms with Crippen LogP contribution >= 0.6 is 0 Å². The summed E-state index contributed by atoms with van der Waals surface area (Å²) in [5.74, 6) is -1.66. The quantitative estimate of drug-likeness (QED) is 0.790. The molecule has 2 atom stereocenters. The van der Waals surface area contributed by atoms with Crippen LogP contribution in [0.5, 0.6) is 0 Å². The highest BCUT2D eigenvalue weighted by molar-refractivity contribution is 5.81. The third-order valence-corrected chi connectivity index (χ3v) is 5.26. The summed E-state index contributed by atoms with van der Waals surface area (Å²) in [5.41, 5.74) is 1.81. The molecule has 2 saturated heterocycles. The van der Waals surface area contributed by atoms with Gasteiger partial charge in [-0.1, -0.05) is 0 Å². The summed E-state index contributed by atoms with van der Waals surface area (Å²) >= 11 is 0. The molecular formula is C20H24F2N4O3. The van der Waals surface area contributed by atoms with Crippen molar-refractivity contribution >= 4 is 5.91 Å². The molecule has 0 aliphatic carbocycles. The number of carbonyl (C=O) groups is 1. The highest BCUT2D eigenvalue weighted by Gasteiger charge is 2.46. The second-order valence-electron chi connectivity index (χ2n) is 7.78. The number of carbonyl (C=O) groups excluding carboxylic acids is 1. The first-order valence-electron chi connectivity index (χ1n) is 9.62. The molecule has 0 bridgehead atoms. The molecule has 1 aromatic heterocycles. The molecule has 3 heterocycles. The summed E-state index contributed by atoms with van der Waals surface area (Å²) in [6.07, 6.45) is -0.215. The molecule has 2 N–H and O–H groups in total. The molecule has 156 valence electrons. The van der Waals surface area contributed by atoms with E-state index in [9.17, 15) is 13.6 Å². The first-order chi connectivity index (χ1) is 13.9. The number of rotatable bonds is 5. The Balaban J connectivity index is 1.31. The Hall–Kier alpha value is -2.36. The lowest BCUT2D eigenvalue weighted by atomic mass is 9.97. The van der Waals surface area contributed by atoms with Crippen LogP contribution in [0.15, 0.2) is 24.3 Å². The molecule has 0 radical (unpaired) electrons. The Morgan fingerprint density at radius 2 is 2.14 bits per heavy atom. The van der Waals surface area contributed by atoms with Gasteiger partial charge in [-0.2, -0.15) is 5.10 Å². The average Bonchev–Trinajstić information content (AvgIpc) is 3.25. The van der Waals surface area contributed by atoms with Crippen LogP contribution in [0, 0.1) is 18.6 Å². The molecule has 0 unspecified atom stereocenters. The number of nitrogens with one attached hydrogen (secondary N) is 2. The van der Waals surface area contributed by atoms with Gasteiger partial charge in [-0.05, 0) is 30.7 Å². The Kier molecular flexibility index (Phi) is 5.62. The zero-order valence-corrected chi connectivity index (χ0v) is 16.2. The monoisotopic (exact) mass is 406 g/mol. The van der Waals surface area contributed by atoms with Gasteiger partial charge >= 0.3 is 0 Å². The van der Waals surface area contributed by atoms with E-state index < -0.39 is 23.3 Å². The fourth-order valence-corrected chi connectivity index (χ4v) is 3.95. The lowest BCUT2D eigenvalue weighted by molar-refractivity contribution is -0.130. The Labute approximate surface area is 167 Å². The van der Waals surface area contributed by atoms with Gasteiger partial charge in [0.25, 0.3) is 0 Å². The van der Waals surface area contributed by atoms with Crippen molar-refractivity contribution in [2.24, 2.45) is 0 Å². The minimum Gasteiger partial charge on any atom is -0.370 e. The normalized spacial score (nSPS) is 24.9. The van der Waals surface area contributed by atoms with Gasteiger partial charge in [-0.3, -0.25) is 14.8 Å². The molecular weight excluding hydrogens is 382 g/mol. The van der Waals surface area contributed by atoms with Crippen molar-refractivity contribution in [1.82, 2.24) is 20.4 Å². The third-order valence-electron chi connectivity index (χ3n) is 5.26. The number of nitrogens with zero attached hydrogens (tertiary/aromatic N) is 2. The minimum atomic E-state index is -0.673. The first kappa shape index (κ1) is 19.9. The van der Waals surface area contributed by atoms with Gasteiger partial charge in [0.15, 0.2) is 0 Å². The first-order valence-corrected chi connectivity index (χ1v) is 9.62. The molecule has 9 heteroatoms. The van der Waals surface area contributed by atoms with Crippen molar-refractivity contribution in [1.29, 1.82) is 0 Å². The summed E-state index contributed by atoms with van der Waals surface area (Å²) < 4.78 is 38.3. The van der Waals surface area contributed by atoms with Crippen LogP contribution in [-0.2, 0) is 27.4 Å². The molecule has 4 rings (SSSR count). The third kappa shape index (κ3) is 4.80. The van der Waals surface area contributed by atoms with Crippen molar-refractivity contribution in [2.45, 2.75) is 38.1 Å². The summed E-state index contributed by atoms with van der Waals surface area (Å²) in [5, 5.41) is 9.91. The van der Waals surface area contributed by atoms with Gasteiger partial charge in [-0.25, -0.2) is 8.78 Å². The number of hydrogen-bond donors (Lipinski definition) is 2. The van der Waals surface area contributed by atoms with E-state index in [0.717, 1.165) is 24.0 Å². The van der Waals surface area contributed by atoms with Crippen molar-refractivity contribution in [3.63, 3.8) is 0 Å². The van der Waals surface area contributed by atoms with E-state index in [1.165, 1.54) is 12.1 Å². The Morgan fingerprint density at radius 1 is 1.34 bits per heavy atom. The highest BCUT2D eigenvalue weighted by atomic mass is 19.1. The number of amides is 1. The van der Waals surface area contributed by atoms with Crippen molar-refractivity contribution in [3.05, 3.63) is 52.9 Å². The van der Waals surface area contributed by atoms with Crippen molar-refractivity contribution in [3.8, 4) is 0 Å². The SMILES string of the molecule is Cc1cc(CN2CCO[C@@]3(CO[C@@H](C(=O)NCc4cc(F)cc(F)c4)C3)C2)n[nH]1. The number of ether oxygens (including phenoxy) is 2. The van der Waals surface area contributed by atoms with E-state index in [4.69, 9.17) is 9.47 Å². The summed E-state index contributed by atoms with van der Waals surface area (Å²) in [4.78, 5) is 14.7. The van der Waals surface area contributed by atoms with Crippen LogP contribution in [0.25, 0.3) is 0 Å².